The van der Waals surface area contributed by atoms with Crippen LogP contribution < -0.4 is 10.6 Å². The zero-order chi connectivity index (χ0) is 38.0. The molecule has 0 saturated heterocycles. The van der Waals surface area contributed by atoms with Crippen LogP contribution in [-0.2, 0) is 30.3 Å². The first-order chi connectivity index (χ1) is 23.1. The molecule has 2 N–H and O–H groups in total. The summed E-state index contributed by atoms with van der Waals surface area (Å²) in [7, 11) is 0. The number of carbonyl (C=O) groups is 4. The lowest BCUT2D eigenvalue weighted by molar-refractivity contribution is -0.159. The van der Waals surface area contributed by atoms with Gasteiger partial charge in [0.2, 0.25) is 11.8 Å². The van der Waals surface area contributed by atoms with Crippen molar-refractivity contribution in [3.05, 3.63) is 70.8 Å². The van der Waals surface area contributed by atoms with Crippen molar-refractivity contribution in [3.63, 3.8) is 0 Å². The van der Waals surface area contributed by atoms with Gasteiger partial charge in [-0.3, -0.25) is 9.59 Å². The van der Waals surface area contributed by atoms with Gasteiger partial charge in [-0.05, 0) is 104 Å². The number of rotatable bonds is 15. The Morgan fingerprint density at radius 3 is 1.94 bits per heavy atom. The van der Waals surface area contributed by atoms with E-state index in [1.807, 2.05) is 83.1 Å². The molecule has 0 bridgehead atoms. The number of hydrogen-bond acceptors (Lipinski definition) is 6. The maximum Gasteiger partial charge on any atom is 0.408 e. The minimum atomic E-state index is -1.11. The van der Waals surface area contributed by atoms with Crippen molar-refractivity contribution >= 4 is 23.9 Å². The van der Waals surface area contributed by atoms with Crippen LogP contribution >= 0.6 is 0 Å². The summed E-state index contributed by atoms with van der Waals surface area (Å²) in [6, 6.07) is 11.8. The summed E-state index contributed by atoms with van der Waals surface area (Å²) < 4.78 is 11.4. The summed E-state index contributed by atoms with van der Waals surface area (Å²) in [5.41, 5.74) is 1.69. The second-order valence-electron chi connectivity index (χ2n) is 16.1. The van der Waals surface area contributed by atoms with Crippen LogP contribution in [0.4, 0.5) is 4.79 Å². The minimum Gasteiger partial charge on any atom is -0.458 e. The quantitative estimate of drug-likeness (QED) is 0.183. The van der Waals surface area contributed by atoms with Gasteiger partial charge in [0.15, 0.2) is 0 Å². The third-order valence-corrected chi connectivity index (χ3v) is 8.59. The zero-order valence-electron chi connectivity index (χ0n) is 32.8. The first-order valence-corrected chi connectivity index (χ1v) is 18.1. The van der Waals surface area contributed by atoms with E-state index in [9.17, 15) is 14.4 Å². The maximum absolute atomic E-state index is 15.0. The fraction of sp³-hybridized carbons (Fsp3) is 0.610. The van der Waals surface area contributed by atoms with E-state index < -0.39 is 53.3 Å². The van der Waals surface area contributed by atoms with E-state index in [2.05, 4.69) is 24.5 Å². The second kappa shape index (κ2) is 18.4. The highest BCUT2D eigenvalue weighted by Crippen LogP contribution is 2.32. The molecule has 0 aromatic heterocycles. The van der Waals surface area contributed by atoms with Crippen molar-refractivity contribution in [3.8, 4) is 0 Å². The monoisotopic (exact) mass is 693 g/mol. The number of esters is 1. The molecule has 2 aromatic rings. The lowest BCUT2D eigenvalue weighted by Gasteiger charge is -2.40. The lowest BCUT2D eigenvalue weighted by atomic mass is 9.91. The zero-order valence-corrected chi connectivity index (χ0v) is 32.8. The molecule has 50 heavy (non-hydrogen) atoms. The van der Waals surface area contributed by atoms with Crippen molar-refractivity contribution in [2.45, 2.75) is 151 Å². The van der Waals surface area contributed by atoms with Crippen LogP contribution in [0, 0.1) is 25.7 Å². The van der Waals surface area contributed by atoms with E-state index in [1.54, 1.807) is 46.4 Å². The van der Waals surface area contributed by atoms with Crippen LogP contribution in [0.3, 0.4) is 0 Å². The summed E-state index contributed by atoms with van der Waals surface area (Å²) >= 11 is 0. The van der Waals surface area contributed by atoms with Crippen LogP contribution in [-0.4, -0.2) is 58.1 Å². The number of benzene rings is 2. The largest absolute Gasteiger partial charge is 0.458 e. The number of amides is 3. The van der Waals surface area contributed by atoms with Gasteiger partial charge in [-0.15, -0.1) is 0 Å². The van der Waals surface area contributed by atoms with E-state index in [1.165, 1.54) is 0 Å². The summed E-state index contributed by atoms with van der Waals surface area (Å²) in [6.07, 6.45) is 1.53. The number of aryl methyl sites for hydroxylation is 2. The molecule has 278 valence electrons. The van der Waals surface area contributed by atoms with E-state index in [0.29, 0.717) is 24.3 Å². The average molecular weight is 694 g/mol. The van der Waals surface area contributed by atoms with Crippen molar-refractivity contribution in [1.29, 1.82) is 0 Å². The standard InChI is InChI=1S/C41H63N3O6/c1-14-28(5)34(43-39(48)50-41(11,12)13)37(46)44(30(7)23-20-26(2)3)35(32-24-27(4)21-22-29(32)6)36(45)42-33(38(47)49-40(8,9)10)25-31-18-16-15-17-19-31/h15-19,21-22,24,26,28,30,33-35H,14,20,23,25H2,1-13H3,(H,42,45)(H,43,48). The molecule has 0 saturated carbocycles. The van der Waals surface area contributed by atoms with Crippen LogP contribution in [0.25, 0.3) is 0 Å². The third-order valence-electron chi connectivity index (χ3n) is 8.59. The Hall–Kier alpha value is -3.88. The number of nitrogens with one attached hydrogen (secondary N) is 2. The molecule has 5 atom stereocenters. The summed E-state index contributed by atoms with van der Waals surface area (Å²) in [6.45, 7) is 24.6. The number of alkyl carbamates (subject to hydrolysis) is 1. The molecule has 0 fully saturated rings. The molecule has 2 rings (SSSR count). The number of hydrogen-bond donors (Lipinski definition) is 2. The molecule has 3 amide bonds. The predicted octanol–water partition coefficient (Wildman–Crippen LogP) is 8.01. The van der Waals surface area contributed by atoms with Crippen molar-refractivity contribution in [2.75, 3.05) is 0 Å². The molecular weight excluding hydrogens is 630 g/mol. The van der Waals surface area contributed by atoms with Gasteiger partial charge in [-0.2, -0.15) is 0 Å². The highest BCUT2D eigenvalue weighted by Gasteiger charge is 2.42. The second-order valence-corrected chi connectivity index (χ2v) is 16.1. The van der Waals surface area contributed by atoms with Crippen LogP contribution in [0.1, 0.15) is 124 Å². The SMILES string of the molecule is CCC(C)C(NC(=O)OC(C)(C)C)C(=O)N(C(C)CCC(C)C)C(C(=O)NC(Cc1ccccc1)C(=O)OC(C)(C)C)c1cc(C)ccc1C. The van der Waals surface area contributed by atoms with Crippen molar-refractivity contribution < 1.29 is 28.7 Å². The fourth-order valence-corrected chi connectivity index (χ4v) is 5.73. The lowest BCUT2D eigenvalue weighted by Crippen LogP contribution is -2.58. The van der Waals surface area contributed by atoms with Gasteiger partial charge in [0.25, 0.3) is 0 Å². The van der Waals surface area contributed by atoms with Crippen molar-refractivity contribution in [1.82, 2.24) is 15.5 Å². The van der Waals surface area contributed by atoms with Gasteiger partial charge in [0, 0.05) is 12.5 Å². The van der Waals surface area contributed by atoms with E-state index >= 15 is 4.79 Å². The molecule has 9 nitrogen and oxygen atoms in total. The Morgan fingerprint density at radius 2 is 1.40 bits per heavy atom. The maximum atomic E-state index is 15.0. The third kappa shape index (κ3) is 13.4. The molecule has 9 heteroatoms. The summed E-state index contributed by atoms with van der Waals surface area (Å²) in [5, 5.41) is 5.88. The van der Waals surface area contributed by atoms with E-state index in [0.717, 1.165) is 23.1 Å². The molecular formula is C41H63N3O6. The molecule has 0 aliphatic rings. The van der Waals surface area contributed by atoms with Gasteiger partial charge in [-0.25, -0.2) is 9.59 Å². The highest BCUT2D eigenvalue weighted by molar-refractivity contribution is 5.94. The van der Waals surface area contributed by atoms with E-state index in [-0.39, 0.29) is 18.2 Å². The predicted molar refractivity (Wildman–Crippen MR) is 200 cm³/mol. The minimum absolute atomic E-state index is 0.202. The Balaban J connectivity index is 2.79. The summed E-state index contributed by atoms with van der Waals surface area (Å²) in [5.74, 6) is -1.38. The van der Waals surface area contributed by atoms with Gasteiger partial charge in [0.05, 0.1) is 0 Å². The van der Waals surface area contributed by atoms with Gasteiger partial charge >= 0.3 is 12.1 Å². The average Bonchev–Trinajstić information content (AvgIpc) is 3.00. The van der Waals surface area contributed by atoms with Gasteiger partial charge in [0.1, 0.15) is 29.3 Å². The summed E-state index contributed by atoms with van der Waals surface area (Å²) in [4.78, 5) is 58.4. The Morgan fingerprint density at radius 1 is 0.800 bits per heavy atom. The molecule has 0 heterocycles. The molecule has 0 aliphatic heterocycles. The molecule has 0 aliphatic carbocycles. The first-order valence-electron chi connectivity index (χ1n) is 18.1. The van der Waals surface area contributed by atoms with Gasteiger partial charge < -0.3 is 25.0 Å². The Labute approximate surface area is 301 Å². The van der Waals surface area contributed by atoms with Crippen LogP contribution in [0.2, 0.25) is 0 Å². The number of carbonyl (C=O) groups excluding carboxylic acids is 4. The highest BCUT2D eigenvalue weighted by atomic mass is 16.6. The molecule has 5 unspecified atom stereocenters. The topological polar surface area (TPSA) is 114 Å². The van der Waals surface area contributed by atoms with Crippen molar-refractivity contribution in [2.24, 2.45) is 11.8 Å². The Bertz CT molecular complexity index is 1430. The van der Waals surface area contributed by atoms with Crippen LogP contribution in [0.15, 0.2) is 48.5 Å². The number of ether oxygens (including phenoxy) is 2. The molecule has 0 radical (unpaired) electrons. The first kappa shape index (κ1) is 42.3. The smallest absolute Gasteiger partial charge is 0.408 e. The van der Waals surface area contributed by atoms with E-state index in [4.69, 9.17) is 9.47 Å². The van der Waals surface area contributed by atoms with Gasteiger partial charge in [-0.1, -0.05) is 88.2 Å². The Kier molecular flexibility index (Phi) is 15.5. The number of nitrogens with zero attached hydrogens (tertiary/aromatic N) is 1. The molecule has 0 spiro atoms. The molecule has 2 aromatic carbocycles. The van der Waals surface area contributed by atoms with Crippen LogP contribution in [0.5, 0.6) is 0 Å². The fourth-order valence-electron chi connectivity index (χ4n) is 5.73. The normalized spacial score (nSPS) is 14.9.